The van der Waals surface area contributed by atoms with Gasteiger partial charge in [0.05, 0.1) is 11.3 Å². The van der Waals surface area contributed by atoms with E-state index in [1.165, 1.54) is 0 Å². The smallest absolute Gasteiger partial charge is 0.255 e. The number of aromatic nitrogens is 2. The van der Waals surface area contributed by atoms with Crippen LogP contribution in [0.1, 0.15) is 21.6 Å². The highest BCUT2D eigenvalue weighted by atomic mass is 35.5. The van der Waals surface area contributed by atoms with Gasteiger partial charge in [-0.15, -0.1) is 24.8 Å². The fourth-order valence-electron chi connectivity index (χ4n) is 3.56. The average molecular weight is 466 g/mol. The highest BCUT2D eigenvalue weighted by Crippen LogP contribution is 2.20. The zero-order valence-corrected chi connectivity index (χ0v) is 19.2. The number of piperazine rings is 1. The number of imidazole rings is 1. The van der Waals surface area contributed by atoms with E-state index in [0.29, 0.717) is 24.5 Å². The van der Waals surface area contributed by atoms with E-state index in [1.54, 1.807) is 6.07 Å². The second-order valence-corrected chi connectivity index (χ2v) is 7.29. The van der Waals surface area contributed by atoms with E-state index < -0.39 is 0 Å². The Morgan fingerprint density at radius 1 is 1.16 bits per heavy atom. The molecule has 0 unspecified atom stereocenters. The van der Waals surface area contributed by atoms with Crippen molar-refractivity contribution in [1.82, 2.24) is 24.9 Å². The van der Waals surface area contributed by atoms with Gasteiger partial charge in [0, 0.05) is 51.7 Å². The predicted molar refractivity (Wildman–Crippen MR) is 127 cm³/mol. The first-order valence-corrected chi connectivity index (χ1v) is 10.1. The lowest BCUT2D eigenvalue weighted by atomic mass is 10.2. The first-order valence-electron chi connectivity index (χ1n) is 10.1. The lowest BCUT2D eigenvalue weighted by Crippen LogP contribution is -2.46. The molecule has 3 heterocycles. The zero-order valence-electron chi connectivity index (χ0n) is 17.5. The van der Waals surface area contributed by atoms with E-state index >= 15 is 0 Å². The number of para-hydroxylation sites is 1. The fourth-order valence-corrected chi connectivity index (χ4v) is 3.56. The first kappa shape index (κ1) is 24.9. The maximum absolute atomic E-state index is 12.7. The molecule has 2 aromatic heterocycles. The third kappa shape index (κ3) is 6.33. The molecule has 0 aliphatic carbocycles. The molecule has 0 bridgehead atoms. The number of nitrogens with zero attached hydrogens (tertiary/aromatic N) is 3. The molecule has 7 nitrogen and oxygen atoms in total. The second-order valence-electron chi connectivity index (χ2n) is 7.29. The van der Waals surface area contributed by atoms with Gasteiger partial charge in [-0.3, -0.25) is 9.69 Å². The second kappa shape index (κ2) is 11.9. The molecule has 1 amide bonds. The van der Waals surface area contributed by atoms with E-state index in [2.05, 4.69) is 20.5 Å². The standard InChI is InChI=1S/C22H27N5O2.2ClH/c1-17-5-4-11-27-15-18(25-21(17)27)16-29-20-7-3-2-6-19(20)22(28)24-10-14-26-12-8-23-9-13-26;;/h2-7,11,15,23H,8-10,12-14,16H2,1H3,(H,24,28);2*1H. The molecule has 1 fully saturated rings. The third-order valence-electron chi connectivity index (χ3n) is 5.16. The van der Waals surface area contributed by atoms with Gasteiger partial charge in [-0.05, 0) is 30.7 Å². The number of hydrogen-bond acceptors (Lipinski definition) is 5. The van der Waals surface area contributed by atoms with Crippen LogP contribution in [-0.2, 0) is 6.61 Å². The minimum absolute atomic E-state index is 0. The van der Waals surface area contributed by atoms with Crippen molar-refractivity contribution in [1.29, 1.82) is 0 Å². The van der Waals surface area contributed by atoms with Gasteiger partial charge < -0.3 is 19.8 Å². The Hall–Kier alpha value is -2.32. The molecule has 2 N–H and O–H groups in total. The maximum Gasteiger partial charge on any atom is 0.255 e. The van der Waals surface area contributed by atoms with Gasteiger partial charge in [-0.2, -0.15) is 0 Å². The monoisotopic (exact) mass is 465 g/mol. The number of carbonyl (C=O) groups excluding carboxylic acids is 1. The highest BCUT2D eigenvalue weighted by Gasteiger charge is 2.14. The molecule has 0 atom stereocenters. The summed E-state index contributed by atoms with van der Waals surface area (Å²) in [6.07, 6.45) is 3.93. The van der Waals surface area contributed by atoms with Crippen molar-refractivity contribution >= 4 is 36.4 Å². The minimum atomic E-state index is -0.110. The molecule has 3 aromatic rings. The Bertz CT molecular complexity index is 989. The molecule has 1 saturated heterocycles. The lowest BCUT2D eigenvalue weighted by molar-refractivity contribution is 0.0942. The van der Waals surface area contributed by atoms with Crippen LogP contribution in [0.15, 0.2) is 48.8 Å². The first-order chi connectivity index (χ1) is 14.2. The molecular formula is C22H29Cl2N5O2. The third-order valence-corrected chi connectivity index (χ3v) is 5.16. The Kier molecular flexibility index (Phi) is 9.58. The van der Waals surface area contributed by atoms with Crippen LogP contribution in [0.2, 0.25) is 0 Å². The molecule has 0 radical (unpaired) electrons. The molecule has 4 rings (SSSR count). The molecule has 1 aromatic carbocycles. The van der Waals surface area contributed by atoms with E-state index in [-0.39, 0.29) is 30.7 Å². The van der Waals surface area contributed by atoms with E-state index in [1.807, 2.05) is 54.0 Å². The topological polar surface area (TPSA) is 70.9 Å². The Morgan fingerprint density at radius 3 is 2.71 bits per heavy atom. The fraction of sp³-hybridized carbons (Fsp3) is 0.364. The number of ether oxygens (including phenoxy) is 1. The average Bonchev–Trinajstić information content (AvgIpc) is 3.18. The summed E-state index contributed by atoms with van der Waals surface area (Å²) in [7, 11) is 0. The molecule has 0 saturated carbocycles. The Balaban J connectivity index is 0.00000171. The summed E-state index contributed by atoms with van der Waals surface area (Å²) in [5, 5.41) is 6.35. The summed E-state index contributed by atoms with van der Waals surface area (Å²) in [6.45, 7) is 7.89. The van der Waals surface area contributed by atoms with Crippen molar-refractivity contribution < 1.29 is 9.53 Å². The van der Waals surface area contributed by atoms with Gasteiger partial charge in [0.1, 0.15) is 18.0 Å². The van der Waals surface area contributed by atoms with E-state index in [4.69, 9.17) is 4.74 Å². The molecule has 31 heavy (non-hydrogen) atoms. The van der Waals surface area contributed by atoms with Crippen LogP contribution in [0.25, 0.3) is 5.65 Å². The number of pyridine rings is 1. The van der Waals surface area contributed by atoms with Gasteiger partial charge in [0.2, 0.25) is 0 Å². The normalized spacial score (nSPS) is 13.8. The number of halogens is 2. The summed E-state index contributed by atoms with van der Waals surface area (Å²) >= 11 is 0. The Labute approximate surface area is 195 Å². The van der Waals surface area contributed by atoms with Crippen LogP contribution in [0.4, 0.5) is 0 Å². The lowest BCUT2D eigenvalue weighted by Gasteiger charge is -2.27. The van der Waals surface area contributed by atoms with Gasteiger partial charge in [0.25, 0.3) is 5.91 Å². The number of hydrogen-bond donors (Lipinski definition) is 2. The largest absolute Gasteiger partial charge is 0.486 e. The van der Waals surface area contributed by atoms with Crippen molar-refractivity contribution in [3.63, 3.8) is 0 Å². The molecular weight excluding hydrogens is 437 g/mol. The summed E-state index contributed by atoms with van der Waals surface area (Å²) in [6, 6.07) is 11.4. The number of fused-ring (bicyclic) bond motifs is 1. The Morgan fingerprint density at radius 2 is 1.94 bits per heavy atom. The highest BCUT2D eigenvalue weighted by molar-refractivity contribution is 5.96. The quantitative estimate of drug-likeness (QED) is 0.561. The van der Waals surface area contributed by atoms with Crippen molar-refractivity contribution in [3.05, 3.63) is 65.6 Å². The summed E-state index contributed by atoms with van der Waals surface area (Å²) < 4.78 is 7.94. The number of benzene rings is 1. The predicted octanol–water partition coefficient (Wildman–Crippen LogP) is 2.70. The number of aryl methyl sites for hydroxylation is 1. The molecule has 1 aliphatic rings. The number of amides is 1. The summed E-state index contributed by atoms with van der Waals surface area (Å²) in [5.41, 5.74) is 3.41. The van der Waals surface area contributed by atoms with Crippen LogP contribution in [0.3, 0.4) is 0 Å². The molecule has 9 heteroatoms. The van der Waals surface area contributed by atoms with Gasteiger partial charge in [0.15, 0.2) is 0 Å². The number of nitrogens with one attached hydrogen (secondary N) is 2. The SMILES string of the molecule is Cc1cccn2cc(COc3ccccc3C(=O)NCCN3CCNCC3)nc12.Cl.Cl. The molecule has 1 aliphatic heterocycles. The van der Waals surface area contributed by atoms with Crippen LogP contribution >= 0.6 is 24.8 Å². The van der Waals surface area contributed by atoms with Crippen molar-refractivity contribution in [2.75, 3.05) is 39.3 Å². The van der Waals surface area contributed by atoms with Crippen LogP contribution in [0.5, 0.6) is 5.75 Å². The van der Waals surface area contributed by atoms with Gasteiger partial charge >= 0.3 is 0 Å². The molecule has 168 valence electrons. The summed E-state index contributed by atoms with van der Waals surface area (Å²) in [4.78, 5) is 19.6. The van der Waals surface area contributed by atoms with E-state index in [0.717, 1.165) is 49.6 Å². The van der Waals surface area contributed by atoms with Crippen LogP contribution in [-0.4, -0.2) is 59.5 Å². The van der Waals surface area contributed by atoms with E-state index in [9.17, 15) is 4.79 Å². The van der Waals surface area contributed by atoms with Crippen molar-refractivity contribution in [2.24, 2.45) is 0 Å². The number of rotatable bonds is 7. The summed E-state index contributed by atoms with van der Waals surface area (Å²) in [5.74, 6) is 0.461. The maximum atomic E-state index is 12.7. The number of carbonyl (C=O) groups is 1. The zero-order chi connectivity index (χ0) is 20.1. The van der Waals surface area contributed by atoms with Gasteiger partial charge in [-0.25, -0.2) is 4.98 Å². The van der Waals surface area contributed by atoms with Gasteiger partial charge in [-0.1, -0.05) is 18.2 Å². The van der Waals surface area contributed by atoms with Crippen LogP contribution < -0.4 is 15.4 Å². The van der Waals surface area contributed by atoms with Crippen molar-refractivity contribution in [3.8, 4) is 5.75 Å². The van der Waals surface area contributed by atoms with Crippen molar-refractivity contribution in [2.45, 2.75) is 13.5 Å². The van der Waals surface area contributed by atoms with Crippen LogP contribution in [0, 0.1) is 6.92 Å². The minimum Gasteiger partial charge on any atom is -0.486 e. The molecule has 0 spiro atoms.